The SMILES string of the molecule is Cc1c(-c2nnc(-c3ccc(OC(C)C)c(N)c3)s2)ccc2c1CCN(CC(O)CO)C2. The van der Waals surface area contributed by atoms with E-state index < -0.39 is 6.10 Å². The van der Waals surface area contributed by atoms with Crippen molar-refractivity contribution in [2.45, 2.75) is 45.9 Å². The lowest BCUT2D eigenvalue weighted by Gasteiger charge is -2.31. The topological polar surface area (TPSA) is 105 Å². The molecule has 1 atom stereocenters. The number of nitrogens with zero attached hydrogens (tertiary/aromatic N) is 3. The van der Waals surface area contributed by atoms with Crippen LogP contribution in [-0.2, 0) is 13.0 Å². The second kappa shape index (κ2) is 9.54. The highest BCUT2D eigenvalue weighted by Gasteiger charge is 2.22. The lowest BCUT2D eigenvalue weighted by Crippen LogP contribution is -2.38. The van der Waals surface area contributed by atoms with Crippen molar-refractivity contribution in [3.8, 4) is 26.9 Å². The fourth-order valence-corrected chi connectivity index (χ4v) is 5.06. The summed E-state index contributed by atoms with van der Waals surface area (Å²) in [6, 6.07) is 9.99. The quantitative estimate of drug-likeness (QED) is 0.471. The molecule has 0 spiro atoms. The molecule has 2 heterocycles. The molecule has 1 unspecified atom stereocenters. The molecule has 1 aliphatic heterocycles. The summed E-state index contributed by atoms with van der Waals surface area (Å²) in [7, 11) is 0. The van der Waals surface area contributed by atoms with Gasteiger partial charge in [-0.05, 0) is 62.1 Å². The first-order valence-corrected chi connectivity index (χ1v) is 11.7. The predicted molar refractivity (Wildman–Crippen MR) is 128 cm³/mol. The van der Waals surface area contributed by atoms with Crippen LogP contribution in [0.1, 0.15) is 30.5 Å². The van der Waals surface area contributed by atoms with Gasteiger partial charge in [0.2, 0.25) is 0 Å². The van der Waals surface area contributed by atoms with Crippen LogP contribution in [0.25, 0.3) is 21.1 Å². The fraction of sp³-hybridized carbons (Fsp3) is 0.417. The van der Waals surface area contributed by atoms with E-state index in [1.165, 1.54) is 16.7 Å². The number of aliphatic hydroxyl groups is 2. The summed E-state index contributed by atoms with van der Waals surface area (Å²) in [5.41, 5.74) is 12.6. The van der Waals surface area contributed by atoms with Crippen molar-refractivity contribution in [1.29, 1.82) is 0 Å². The van der Waals surface area contributed by atoms with Crippen molar-refractivity contribution in [2.75, 3.05) is 25.4 Å². The van der Waals surface area contributed by atoms with Crippen molar-refractivity contribution < 1.29 is 14.9 Å². The second-order valence-electron chi connectivity index (χ2n) is 8.53. The molecule has 8 heteroatoms. The lowest BCUT2D eigenvalue weighted by atomic mass is 9.92. The van der Waals surface area contributed by atoms with E-state index in [2.05, 4.69) is 34.2 Å². The monoisotopic (exact) mass is 454 g/mol. The smallest absolute Gasteiger partial charge is 0.148 e. The Morgan fingerprint density at radius 1 is 1.19 bits per heavy atom. The van der Waals surface area contributed by atoms with Gasteiger partial charge in [0.05, 0.1) is 24.5 Å². The van der Waals surface area contributed by atoms with Gasteiger partial charge in [0.15, 0.2) is 0 Å². The van der Waals surface area contributed by atoms with Gasteiger partial charge in [0.1, 0.15) is 15.8 Å². The summed E-state index contributed by atoms with van der Waals surface area (Å²) in [6.07, 6.45) is 0.277. The Balaban J connectivity index is 1.56. The third-order valence-electron chi connectivity index (χ3n) is 5.72. The van der Waals surface area contributed by atoms with E-state index in [4.69, 9.17) is 15.6 Å². The van der Waals surface area contributed by atoms with E-state index in [0.29, 0.717) is 18.0 Å². The summed E-state index contributed by atoms with van der Waals surface area (Å²) in [6.45, 7) is 8.01. The molecule has 2 aromatic carbocycles. The van der Waals surface area contributed by atoms with Crippen molar-refractivity contribution in [3.63, 3.8) is 0 Å². The number of anilines is 1. The molecule has 7 nitrogen and oxygen atoms in total. The molecule has 0 fully saturated rings. The Bertz CT molecular complexity index is 1100. The van der Waals surface area contributed by atoms with Gasteiger partial charge in [-0.1, -0.05) is 23.5 Å². The molecule has 1 aromatic heterocycles. The van der Waals surface area contributed by atoms with Crippen molar-refractivity contribution >= 4 is 17.0 Å². The Morgan fingerprint density at radius 2 is 1.97 bits per heavy atom. The van der Waals surface area contributed by atoms with Crippen molar-refractivity contribution in [2.24, 2.45) is 0 Å². The zero-order valence-corrected chi connectivity index (χ0v) is 19.5. The van der Waals surface area contributed by atoms with Gasteiger partial charge in [0, 0.05) is 30.8 Å². The van der Waals surface area contributed by atoms with E-state index in [0.717, 1.165) is 40.7 Å². The van der Waals surface area contributed by atoms with E-state index in [1.807, 2.05) is 32.0 Å². The minimum atomic E-state index is -0.697. The normalized spacial score (nSPS) is 15.1. The zero-order valence-electron chi connectivity index (χ0n) is 18.7. The number of nitrogen functional groups attached to an aromatic ring is 1. The summed E-state index contributed by atoms with van der Waals surface area (Å²) >= 11 is 1.55. The molecule has 0 amide bonds. The average molecular weight is 455 g/mol. The van der Waals surface area contributed by atoms with Crippen LogP contribution in [0.15, 0.2) is 30.3 Å². The van der Waals surface area contributed by atoms with Crippen LogP contribution >= 0.6 is 11.3 Å². The maximum absolute atomic E-state index is 9.75. The number of ether oxygens (including phenoxy) is 1. The van der Waals surface area contributed by atoms with Crippen molar-refractivity contribution in [3.05, 3.63) is 47.0 Å². The Morgan fingerprint density at radius 3 is 2.69 bits per heavy atom. The molecular weight excluding hydrogens is 424 g/mol. The molecule has 0 bridgehead atoms. The summed E-state index contributed by atoms with van der Waals surface area (Å²) in [4.78, 5) is 2.18. The Labute approximate surface area is 192 Å². The average Bonchev–Trinajstić information content (AvgIpc) is 3.25. The first kappa shape index (κ1) is 22.7. The largest absolute Gasteiger partial charge is 0.489 e. The molecule has 32 heavy (non-hydrogen) atoms. The van der Waals surface area contributed by atoms with Crippen LogP contribution in [0.5, 0.6) is 5.75 Å². The molecule has 170 valence electrons. The standard InChI is InChI=1S/C24H30N4O3S/c1-14(2)31-22-7-5-16(10-21(22)25)23-26-27-24(32-23)20-6-4-17-11-28(12-18(30)13-29)9-8-19(17)15(20)3/h4-7,10,14,18,29-30H,8-9,11-13,25H2,1-3H3. The fourth-order valence-electron chi connectivity index (χ4n) is 4.13. The van der Waals surface area contributed by atoms with E-state index in [-0.39, 0.29) is 12.7 Å². The van der Waals surface area contributed by atoms with Crippen LogP contribution in [-0.4, -0.2) is 57.2 Å². The van der Waals surface area contributed by atoms with Crippen LogP contribution in [0, 0.1) is 6.92 Å². The van der Waals surface area contributed by atoms with Gasteiger partial charge >= 0.3 is 0 Å². The summed E-state index contributed by atoms with van der Waals surface area (Å²) < 4.78 is 5.73. The number of aromatic nitrogens is 2. The maximum atomic E-state index is 9.75. The summed E-state index contributed by atoms with van der Waals surface area (Å²) in [5.74, 6) is 0.680. The molecule has 0 saturated carbocycles. The molecular formula is C24H30N4O3S. The van der Waals surface area contributed by atoms with Gasteiger partial charge < -0.3 is 20.7 Å². The minimum Gasteiger partial charge on any atom is -0.489 e. The zero-order chi connectivity index (χ0) is 22.8. The Kier molecular flexibility index (Phi) is 6.76. The molecule has 4 N–H and O–H groups in total. The van der Waals surface area contributed by atoms with Gasteiger partial charge in [-0.3, -0.25) is 4.90 Å². The third kappa shape index (κ3) is 4.78. The predicted octanol–water partition coefficient (Wildman–Crippen LogP) is 3.26. The minimum absolute atomic E-state index is 0.0649. The van der Waals surface area contributed by atoms with Gasteiger partial charge in [-0.2, -0.15) is 0 Å². The molecule has 0 aliphatic carbocycles. The highest BCUT2D eigenvalue weighted by molar-refractivity contribution is 7.17. The van der Waals surface area contributed by atoms with Crippen LogP contribution < -0.4 is 10.5 Å². The highest BCUT2D eigenvalue weighted by atomic mass is 32.1. The van der Waals surface area contributed by atoms with Crippen LogP contribution in [0.3, 0.4) is 0 Å². The first-order chi connectivity index (χ1) is 15.4. The number of hydrogen-bond donors (Lipinski definition) is 3. The van der Waals surface area contributed by atoms with Gasteiger partial charge in [-0.15, -0.1) is 10.2 Å². The number of aliphatic hydroxyl groups excluding tert-OH is 2. The molecule has 0 radical (unpaired) electrons. The van der Waals surface area contributed by atoms with Gasteiger partial charge in [-0.25, -0.2) is 0 Å². The number of hydrogen-bond acceptors (Lipinski definition) is 8. The number of β-amino-alcohol motifs (C(OH)–C–C–N with tert-alkyl or cyclic N) is 1. The molecule has 3 aromatic rings. The number of rotatable bonds is 7. The molecule has 0 saturated heterocycles. The second-order valence-corrected chi connectivity index (χ2v) is 9.51. The summed E-state index contributed by atoms with van der Waals surface area (Å²) in [5, 5.41) is 29.5. The van der Waals surface area contributed by atoms with Crippen LogP contribution in [0.2, 0.25) is 0 Å². The van der Waals surface area contributed by atoms with E-state index in [1.54, 1.807) is 11.3 Å². The Hall–Kier alpha value is -2.52. The third-order valence-corrected chi connectivity index (χ3v) is 6.73. The number of fused-ring (bicyclic) bond motifs is 1. The maximum Gasteiger partial charge on any atom is 0.148 e. The van der Waals surface area contributed by atoms with E-state index >= 15 is 0 Å². The lowest BCUT2D eigenvalue weighted by molar-refractivity contribution is 0.0551. The number of benzene rings is 2. The van der Waals surface area contributed by atoms with Gasteiger partial charge in [0.25, 0.3) is 0 Å². The molecule has 4 rings (SSSR count). The van der Waals surface area contributed by atoms with Crippen molar-refractivity contribution in [1.82, 2.24) is 15.1 Å². The first-order valence-electron chi connectivity index (χ1n) is 10.9. The van der Waals surface area contributed by atoms with Crippen LogP contribution in [0.4, 0.5) is 5.69 Å². The number of nitrogens with two attached hydrogens (primary N) is 1. The van der Waals surface area contributed by atoms with E-state index in [9.17, 15) is 5.11 Å². The highest BCUT2D eigenvalue weighted by Crippen LogP contribution is 2.36. The molecule has 1 aliphatic rings.